The molecule has 0 aromatic heterocycles. The highest BCUT2D eigenvalue weighted by atomic mass is 32.2. The maximum absolute atomic E-state index is 12.8. The van der Waals surface area contributed by atoms with E-state index in [1.165, 1.54) is 0 Å². The molecule has 3 aromatic rings. The van der Waals surface area contributed by atoms with Crippen LogP contribution in [0.25, 0.3) is 0 Å². The van der Waals surface area contributed by atoms with Gasteiger partial charge in [0.1, 0.15) is 5.60 Å². The largest absolute Gasteiger partial charge is 0.382 e. The summed E-state index contributed by atoms with van der Waals surface area (Å²) in [6.07, 6.45) is 0. The van der Waals surface area contributed by atoms with E-state index in [9.17, 15) is 9.90 Å². The van der Waals surface area contributed by atoms with Crippen LogP contribution in [0.2, 0.25) is 0 Å². The monoisotopic (exact) mass is 404 g/mol. The van der Waals surface area contributed by atoms with Crippen LogP contribution in [-0.4, -0.2) is 23.4 Å². The van der Waals surface area contributed by atoms with E-state index in [1.807, 2.05) is 84.9 Å². The zero-order valence-electron chi connectivity index (χ0n) is 16.0. The standard InChI is InChI=1S/C24H24N2O2S/c27-23(25-16-24(28)17-29-15-20-13-7-8-14-21(20)24)26-22(18-9-3-1-4-10-18)19-11-5-2-6-12-19/h1-14,22,28H,15-17H2,(H2,25,26,27). The summed E-state index contributed by atoms with van der Waals surface area (Å²) in [5.74, 6) is 1.44. The second-order valence-electron chi connectivity index (χ2n) is 7.26. The fourth-order valence-corrected chi connectivity index (χ4v) is 4.88. The summed E-state index contributed by atoms with van der Waals surface area (Å²) in [6.45, 7) is 0.166. The Balaban J connectivity index is 1.48. The highest BCUT2D eigenvalue weighted by Crippen LogP contribution is 2.35. The Hall–Kier alpha value is -2.76. The number of amides is 2. The van der Waals surface area contributed by atoms with Crippen LogP contribution in [-0.2, 0) is 11.4 Å². The highest BCUT2D eigenvalue weighted by Gasteiger charge is 2.35. The lowest BCUT2D eigenvalue weighted by Crippen LogP contribution is -2.48. The van der Waals surface area contributed by atoms with Crippen molar-refractivity contribution in [3.63, 3.8) is 0 Å². The van der Waals surface area contributed by atoms with Gasteiger partial charge in [-0.15, -0.1) is 0 Å². The molecule has 29 heavy (non-hydrogen) atoms. The minimum absolute atomic E-state index is 0.166. The van der Waals surface area contributed by atoms with E-state index in [1.54, 1.807) is 11.8 Å². The fourth-order valence-electron chi connectivity index (χ4n) is 3.71. The van der Waals surface area contributed by atoms with Crippen LogP contribution in [0.3, 0.4) is 0 Å². The van der Waals surface area contributed by atoms with Crippen LogP contribution >= 0.6 is 11.8 Å². The molecule has 0 aliphatic carbocycles. The van der Waals surface area contributed by atoms with Crippen LogP contribution in [0.5, 0.6) is 0 Å². The molecule has 148 valence electrons. The zero-order valence-corrected chi connectivity index (χ0v) is 16.9. The summed E-state index contributed by atoms with van der Waals surface area (Å²) in [4.78, 5) is 12.8. The van der Waals surface area contributed by atoms with Gasteiger partial charge in [-0.2, -0.15) is 11.8 Å². The molecule has 0 saturated carbocycles. The predicted octanol–water partition coefficient (Wildman–Crippen LogP) is 4.21. The Bertz CT molecular complexity index is 925. The fraction of sp³-hybridized carbons (Fsp3) is 0.208. The maximum atomic E-state index is 12.8. The Morgan fingerprint density at radius 1 is 0.931 bits per heavy atom. The van der Waals surface area contributed by atoms with Crippen LogP contribution < -0.4 is 10.6 Å². The molecule has 0 saturated heterocycles. The molecule has 3 aromatic carbocycles. The summed E-state index contributed by atoms with van der Waals surface area (Å²) in [5.41, 5.74) is 2.98. The third-order valence-corrected chi connectivity index (χ3v) is 6.40. The van der Waals surface area contributed by atoms with Gasteiger partial charge in [-0.1, -0.05) is 84.9 Å². The molecule has 2 amide bonds. The van der Waals surface area contributed by atoms with Crippen molar-refractivity contribution in [3.05, 3.63) is 107 Å². The Morgan fingerprint density at radius 3 is 2.17 bits per heavy atom. The SMILES string of the molecule is O=C(NCC1(O)CSCc2ccccc21)NC(c1ccccc1)c1ccccc1. The van der Waals surface area contributed by atoms with Crippen LogP contribution in [0.15, 0.2) is 84.9 Å². The average molecular weight is 405 g/mol. The lowest BCUT2D eigenvalue weighted by Gasteiger charge is -2.34. The lowest BCUT2D eigenvalue weighted by atomic mass is 9.91. The normalized spacial score (nSPS) is 18.1. The first-order valence-corrected chi connectivity index (χ1v) is 10.8. The van der Waals surface area contributed by atoms with Gasteiger partial charge < -0.3 is 15.7 Å². The van der Waals surface area contributed by atoms with Crippen molar-refractivity contribution in [2.45, 2.75) is 17.4 Å². The summed E-state index contributed by atoms with van der Waals surface area (Å²) in [7, 11) is 0. The number of urea groups is 1. The Morgan fingerprint density at radius 2 is 1.52 bits per heavy atom. The second-order valence-corrected chi connectivity index (χ2v) is 8.25. The quantitative estimate of drug-likeness (QED) is 0.597. The number of rotatable bonds is 5. The van der Waals surface area contributed by atoms with Crippen LogP contribution in [0.4, 0.5) is 4.79 Å². The Kier molecular flexibility index (Phi) is 5.88. The summed E-state index contributed by atoms with van der Waals surface area (Å²) < 4.78 is 0. The number of hydrogen-bond acceptors (Lipinski definition) is 3. The predicted molar refractivity (Wildman–Crippen MR) is 118 cm³/mol. The molecule has 1 aliphatic heterocycles. The number of benzene rings is 3. The average Bonchev–Trinajstić information content (AvgIpc) is 2.78. The molecule has 1 aliphatic rings. The summed E-state index contributed by atoms with van der Waals surface area (Å²) >= 11 is 1.68. The molecule has 4 nitrogen and oxygen atoms in total. The minimum Gasteiger partial charge on any atom is -0.382 e. The van der Waals surface area contributed by atoms with Gasteiger partial charge in [0.2, 0.25) is 0 Å². The molecule has 4 rings (SSSR count). The number of thioether (sulfide) groups is 1. The minimum atomic E-state index is -1.06. The van der Waals surface area contributed by atoms with Gasteiger partial charge in [-0.05, 0) is 22.3 Å². The third kappa shape index (κ3) is 4.47. The van der Waals surface area contributed by atoms with Crippen molar-refractivity contribution in [3.8, 4) is 0 Å². The number of hydrogen-bond donors (Lipinski definition) is 3. The third-order valence-electron chi connectivity index (χ3n) is 5.20. The first-order valence-electron chi connectivity index (χ1n) is 9.68. The molecule has 5 heteroatoms. The zero-order chi connectivity index (χ0) is 20.1. The van der Waals surface area contributed by atoms with Crippen molar-refractivity contribution < 1.29 is 9.90 Å². The van der Waals surface area contributed by atoms with Crippen molar-refractivity contribution in [1.82, 2.24) is 10.6 Å². The molecule has 0 fully saturated rings. The van der Waals surface area contributed by atoms with E-state index >= 15 is 0 Å². The van der Waals surface area contributed by atoms with Gasteiger partial charge >= 0.3 is 6.03 Å². The first kappa shape index (κ1) is 19.6. The molecule has 1 atom stereocenters. The van der Waals surface area contributed by atoms with E-state index in [-0.39, 0.29) is 18.6 Å². The molecule has 0 bridgehead atoms. The van der Waals surface area contributed by atoms with E-state index in [4.69, 9.17) is 0 Å². The molecular formula is C24H24N2O2S. The summed E-state index contributed by atoms with van der Waals surface area (Å²) in [6, 6.07) is 27.1. The Labute approximate surface area is 175 Å². The summed E-state index contributed by atoms with van der Waals surface area (Å²) in [5, 5.41) is 17.1. The van der Waals surface area contributed by atoms with Crippen molar-refractivity contribution in [1.29, 1.82) is 0 Å². The van der Waals surface area contributed by atoms with E-state index in [0.717, 1.165) is 28.0 Å². The van der Waals surface area contributed by atoms with Crippen LogP contribution in [0, 0.1) is 0 Å². The maximum Gasteiger partial charge on any atom is 0.315 e. The van der Waals surface area contributed by atoms with Gasteiger partial charge in [-0.25, -0.2) is 4.79 Å². The molecule has 1 heterocycles. The molecule has 0 radical (unpaired) electrons. The van der Waals surface area contributed by atoms with E-state index in [2.05, 4.69) is 10.6 Å². The first-order chi connectivity index (χ1) is 14.2. The van der Waals surface area contributed by atoms with Crippen molar-refractivity contribution in [2.24, 2.45) is 0 Å². The van der Waals surface area contributed by atoms with Crippen molar-refractivity contribution >= 4 is 17.8 Å². The number of aliphatic hydroxyl groups is 1. The van der Waals surface area contributed by atoms with Gasteiger partial charge in [0.05, 0.1) is 12.6 Å². The number of nitrogens with one attached hydrogen (secondary N) is 2. The van der Waals surface area contributed by atoms with Gasteiger partial charge in [0, 0.05) is 11.5 Å². The smallest absolute Gasteiger partial charge is 0.315 e. The van der Waals surface area contributed by atoms with E-state index < -0.39 is 5.60 Å². The van der Waals surface area contributed by atoms with Gasteiger partial charge in [0.15, 0.2) is 0 Å². The topological polar surface area (TPSA) is 61.4 Å². The van der Waals surface area contributed by atoms with Gasteiger partial charge in [-0.3, -0.25) is 0 Å². The molecule has 3 N–H and O–H groups in total. The highest BCUT2D eigenvalue weighted by molar-refractivity contribution is 7.98. The van der Waals surface area contributed by atoms with Crippen LogP contribution in [0.1, 0.15) is 28.3 Å². The molecule has 0 spiro atoms. The molecular weight excluding hydrogens is 380 g/mol. The number of carbonyl (C=O) groups is 1. The lowest BCUT2D eigenvalue weighted by molar-refractivity contribution is 0.0624. The second kappa shape index (κ2) is 8.72. The van der Waals surface area contributed by atoms with E-state index in [0.29, 0.717) is 5.75 Å². The number of carbonyl (C=O) groups excluding carboxylic acids is 1. The van der Waals surface area contributed by atoms with Gasteiger partial charge in [0.25, 0.3) is 0 Å². The van der Waals surface area contributed by atoms with Crippen molar-refractivity contribution in [2.75, 3.05) is 12.3 Å². The number of fused-ring (bicyclic) bond motifs is 1. The molecule has 1 unspecified atom stereocenters.